The maximum Gasteiger partial charge on any atom is 0.256 e. The van der Waals surface area contributed by atoms with Gasteiger partial charge in [0.25, 0.3) is 3.12 Å². The number of nitrogens with zero attached hydrogens (tertiary/aromatic N) is 3. The summed E-state index contributed by atoms with van der Waals surface area (Å²) in [7, 11) is 0. The third-order valence-electron chi connectivity index (χ3n) is 1.26. The smallest absolute Gasteiger partial charge is 0.256 e. The molecular weight excluding hydrogens is 373 g/mol. The predicted octanol–water partition coefficient (Wildman–Crippen LogP) is 4.39. The number of hydrogen-bond acceptors (Lipinski definition) is 5. The first-order valence-electron chi connectivity index (χ1n) is 3.88. The van der Waals surface area contributed by atoms with E-state index in [0.717, 1.165) is 11.9 Å². The van der Waals surface area contributed by atoms with Crippen LogP contribution in [-0.2, 0) is 3.79 Å². The maximum absolute atomic E-state index is 5.66. The van der Waals surface area contributed by atoms with Crippen molar-refractivity contribution in [1.82, 2.24) is 15.0 Å². The molecule has 1 rings (SSSR count). The molecule has 1 aromatic heterocycles. The van der Waals surface area contributed by atoms with Crippen molar-refractivity contribution >= 4 is 87.5 Å². The highest BCUT2D eigenvalue weighted by molar-refractivity contribution is 8.05. The molecule has 0 saturated heterocycles. The normalized spacial score (nSPS) is 12.6. The Morgan fingerprint density at radius 2 is 1.59 bits per heavy atom. The van der Waals surface area contributed by atoms with E-state index in [2.05, 4.69) is 19.7 Å². The van der Waals surface area contributed by atoms with Gasteiger partial charge in [-0.1, -0.05) is 69.6 Å². The van der Waals surface area contributed by atoms with E-state index in [4.69, 9.17) is 69.6 Å². The molecule has 4 nitrogen and oxygen atoms in total. The zero-order valence-corrected chi connectivity index (χ0v) is 13.4. The number of rotatable bonds is 2. The molecular formula is C6H4Cl6N4S. The van der Waals surface area contributed by atoms with Gasteiger partial charge >= 0.3 is 0 Å². The molecule has 1 aromatic rings. The third kappa shape index (κ3) is 6.05. The van der Waals surface area contributed by atoms with Crippen LogP contribution < -0.4 is 4.72 Å². The molecule has 1 N–H and O–H groups in total. The van der Waals surface area contributed by atoms with Gasteiger partial charge in [-0.15, -0.1) is 0 Å². The van der Waals surface area contributed by atoms with Crippen molar-refractivity contribution < 1.29 is 0 Å². The van der Waals surface area contributed by atoms with E-state index in [1.54, 1.807) is 6.92 Å². The van der Waals surface area contributed by atoms with Crippen LogP contribution in [0.3, 0.4) is 0 Å². The Balaban J connectivity index is 2.91. The number of anilines is 1. The van der Waals surface area contributed by atoms with Crippen molar-refractivity contribution in [2.75, 3.05) is 4.72 Å². The summed E-state index contributed by atoms with van der Waals surface area (Å²) in [6.45, 7) is 1.62. The topological polar surface area (TPSA) is 50.7 Å². The van der Waals surface area contributed by atoms with Crippen molar-refractivity contribution in [3.8, 4) is 0 Å². The fraction of sp³-hybridized carbons (Fsp3) is 0.500. The van der Waals surface area contributed by atoms with Gasteiger partial charge in [0.1, 0.15) is 5.82 Å². The summed E-state index contributed by atoms with van der Waals surface area (Å²) in [5, 5.41) is 0. The van der Waals surface area contributed by atoms with Crippen LogP contribution in [0.25, 0.3) is 0 Å². The Hall–Kier alpha value is 0.900. The molecule has 96 valence electrons. The summed E-state index contributed by atoms with van der Waals surface area (Å²) in [4.78, 5) is 11.7. The Kier molecular flexibility index (Phi) is 5.54. The Morgan fingerprint density at radius 3 is 2.06 bits per heavy atom. The van der Waals surface area contributed by atoms with Gasteiger partial charge in [0.05, 0.1) is 0 Å². The largest absolute Gasteiger partial charge is 0.295 e. The highest BCUT2D eigenvalue weighted by Gasteiger charge is 2.28. The second kappa shape index (κ2) is 5.90. The zero-order chi connectivity index (χ0) is 13.3. The third-order valence-corrected chi connectivity index (χ3v) is 2.98. The summed E-state index contributed by atoms with van der Waals surface area (Å²) in [6, 6.07) is 0. The molecule has 0 amide bonds. The van der Waals surface area contributed by atoms with Crippen molar-refractivity contribution in [1.29, 1.82) is 0 Å². The highest BCUT2D eigenvalue weighted by atomic mass is 35.6. The Labute approximate surface area is 132 Å². The van der Waals surface area contributed by atoms with Gasteiger partial charge in [-0.3, -0.25) is 4.72 Å². The van der Waals surface area contributed by atoms with Crippen molar-refractivity contribution in [2.45, 2.75) is 13.8 Å². The van der Waals surface area contributed by atoms with E-state index in [-0.39, 0.29) is 11.8 Å². The number of halogens is 6. The summed E-state index contributed by atoms with van der Waals surface area (Å²) in [5.41, 5.74) is 0. The van der Waals surface area contributed by atoms with Gasteiger partial charge in [0, 0.05) is 11.9 Å². The molecule has 0 fully saturated rings. The lowest BCUT2D eigenvalue weighted by atomic mass is 10.6. The van der Waals surface area contributed by atoms with Crippen molar-refractivity contribution in [2.24, 2.45) is 0 Å². The first-order valence-corrected chi connectivity index (χ1v) is 6.97. The SMILES string of the molecule is Cc1nc(NSC(Cl)(Cl)Cl)nc(C(Cl)(Cl)Cl)n1. The molecule has 0 aliphatic carbocycles. The first kappa shape index (κ1) is 16.0. The lowest BCUT2D eigenvalue weighted by Crippen LogP contribution is -2.12. The molecule has 0 unspecified atom stereocenters. The van der Waals surface area contributed by atoms with E-state index in [0.29, 0.717) is 5.82 Å². The van der Waals surface area contributed by atoms with Gasteiger partial charge in [-0.05, 0) is 6.92 Å². The molecule has 0 spiro atoms. The maximum atomic E-state index is 5.66. The van der Waals surface area contributed by atoms with E-state index in [9.17, 15) is 0 Å². The molecule has 0 aromatic carbocycles. The summed E-state index contributed by atoms with van der Waals surface area (Å²) >= 11 is 34.4. The molecule has 11 heteroatoms. The summed E-state index contributed by atoms with van der Waals surface area (Å²) < 4.78 is -0.676. The molecule has 0 saturated carbocycles. The minimum Gasteiger partial charge on any atom is -0.295 e. The lowest BCUT2D eigenvalue weighted by Gasteiger charge is -2.13. The van der Waals surface area contributed by atoms with Gasteiger partial charge in [0.2, 0.25) is 9.74 Å². The van der Waals surface area contributed by atoms with Crippen molar-refractivity contribution in [3.63, 3.8) is 0 Å². The average molecular weight is 377 g/mol. The molecule has 0 radical (unpaired) electrons. The number of hydrogen-bond donors (Lipinski definition) is 1. The lowest BCUT2D eigenvalue weighted by molar-refractivity contribution is 0.888. The van der Waals surface area contributed by atoms with E-state index in [1.807, 2.05) is 0 Å². The van der Waals surface area contributed by atoms with Gasteiger partial charge in [0.15, 0.2) is 5.82 Å². The Morgan fingerprint density at radius 1 is 1.00 bits per heavy atom. The van der Waals surface area contributed by atoms with Crippen molar-refractivity contribution in [3.05, 3.63) is 11.6 Å². The number of alkyl halides is 6. The van der Waals surface area contributed by atoms with Crippen LogP contribution in [0.15, 0.2) is 0 Å². The van der Waals surface area contributed by atoms with Crippen LogP contribution >= 0.6 is 81.6 Å². The molecule has 1 heterocycles. The van der Waals surface area contributed by atoms with Crippen LogP contribution in [-0.4, -0.2) is 18.1 Å². The van der Waals surface area contributed by atoms with E-state index in [1.165, 1.54) is 0 Å². The second-order valence-electron chi connectivity index (χ2n) is 2.68. The van der Waals surface area contributed by atoms with Crippen LogP contribution in [0.5, 0.6) is 0 Å². The van der Waals surface area contributed by atoms with Crippen LogP contribution in [0.2, 0.25) is 0 Å². The predicted molar refractivity (Wildman–Crippen MR) is 75.3 cm³/mol. The first-order chi connectivity index (χ1) is 7.58. The van der Waals surface area contributed by atoms with E-state index < -0.39 is 6.92 Å². The average Bonchev–Trinajstić information content (AvgIpc) is 2.11. The molecule has 0 aliphatic heterocycles. The zero-order valence-electron chi connectivity index (χ0n) is 8.02. The van der Waals surface area contributed by atoms with Gasteiger partial charge in [-0.25, -0.2) is 4.98 Å². The minimum absolute atomic E-state index is 0.0117. The quantitative estimate of drug-likeness (QED) is 0.612. The monoisotopic (exact) mass is 374 g/mol. The molecule has 0 atom stereocenters. The fourth-order valence-electron chi connectivity index (χ4n) is 0.758. The number of nitrogens with one attached hydrogen (secondary N) is 1. The summed E-state index contributed by atoms with van der Waals surface area (Å²) in [6.07, 6.45) is 0. The van der Waals surface area contributed by atoms with Gasteiger partial charge in [-0.2, -0.15) is 9.97 Å². The van der Waals surface area contributed by atoms with Crippen LogP contribution in [0.4, 0.5) is 5.95 Å². The molecule has 0 bridgehead atoms. The Bertz CT molecular complexity index is 402. The number of aryl methyl sites for hydroxylation is 1. The standard InChI is InChI=1S/C6H4Cl6N4S/c1-2-13-3(5(7,8)9)15-4(14-2)16-17-6(10,11)12/h1H3,(H,13,14,15,16). The van der Waals surface area contributed by atoms with E-state index >= 15 is 0 Å². The minimum atomic E-state index is -1.74. The fourth-order valence-corrected chi connectivity index (χ4v) is 1.66. The van der Waals surface area contributed by atoms with Crippen LogP contribution in [0, 0.1) is 6.92 Å². The highest BCUT2D eigenvalue weighted by Crippen LogP contribution is 2.39. The number of aromatic nitrogens is 3. The molecule has 17 heavy (non-hydrogen) atoms. The summed E-state index contributed by atoms with van der Waals surface area (Å²) in [5.74, 6) is 0.492. The van der Waals surface area contributed by atoms with Crippen LogP contribution in [0.1, 0.15) is 11.6 Å². The second-order valence-corrected chi connectivity index (χ2v) is 8.93. The van der Waals surface area contributed by atoms with Gasteiger partial charge < -0.3 is 0 Å². The molecule has 0 aliphatic rings.